The van der Waals surface area contributed by atoms with Crippen LogP contribution in [0.25, 0.3) is 10.2 Å². The number of carboxylic acids is 1. The largest absolute Gasteiger partial charge is 0.494 e. The maximum atomic E-state index is 12.8. The Bertz CT molecular complexity index is 1010. The number of fused-ring (bicyclic) bond motifs is 1. The zero-order valence-corrected chi connectivity index (χ0v) is 16.3. The molecule has 6 nitrogen and oxygen atoms in total. The van der Waals surface area contributed by atoms with Crippen molar-refractivity contribution in [3.63, 3.8) is 0 Å². The van der Waals surface area contributed by atoms with Gasteiger partial charge in [0.2, 0.25) is 0 Å². The summed E-state index contributed by atoms with van der Waals surface area (Å²) in [5, 5.41) is 11.6. The first kappa shape index (κ1) is 19.4. The second-order valence-electron chi connectivity index (χ2n) is 5.98. The van der Waals surface area contributed by atoms with Gasteiger partial charge in [-0.3, -0.25) is 9.36 Å². The van der Waals surface area contributed by atoms with E-state index in [9.17, 15) is 14.7 Å². The molecule has 27 heavy (non-hydrogen) atoms. The molecule has 0 aliphatic rings. The zero-order valence-electron chi connectivity index (χ0n) is 14.8. The van der Waals surface area contributed by atoms with Gasteiger partial charge in [0.1, 0.15) is 16.4 Å². The Morgan fingerprint density at radius 2 is 2.04 bits per heavy atom. The van der Waals surface area contributed by atoms with Crippen molar-refractivity contribution in [2.24, 2.45) is 0 Å². The first-order valence-corrected chi connectivity index (χ1v) is 9.89. The molecule has 2 heterocycles. The molecule has 1 N–H and O–H groups in total. The van der Waals surface area contributed by atoms with Crippen LogP contribution in [0.15, 0.2) is 34.4 Å². The molecular weight excluding hydrogens is 388 g/mol. The molecular formula is C19H19ClN2O4S. The number of benzene rings is 1. The van der Waals surface area contributed by atoms with E-state index in [-0.39, 0.29) is 16.5 Å². The number of thiophene rings is 1. The predicted molar refractivity (Wildman–Crippen MR) is 106 cm³/mol. The third-order valence-electron chi connectivity index (χ3n) is 4.18. The third kappa shape index (κ3) is 4.31. The Kier molecular flexibility index (Phi) is 6.13. The highest BCUT2D eigenvalue weighted by Crippen LogP contribution is 2.22. The van der Waals surface area contributed by atoms with Gasteiger partial charge in [-0.2, -0.15) is 0 Å². The summed E-state index contributed by atoms with van der Waals surface area (Å²) in [5.74, 6) is 0.315. The highest BCUT2D eigenvalue weighted by molar-refractivity contribution is 7.17. The topological polar surface area (TPSA) is 81.4 Å². The van der Waals surface area contributed by atoms with Crippen LogP contribution in [-0.4, -0.2) is 27.2 Å². The molecule has 0 atom stereocenters. The van der Waals surface area contributed by atoms with Crippen LogP contribution < -0.4 is 10.3 Å². The number of aryl methyl sites for hydroxylation is 1. The van der Waals surface area contributed by atoms with Crippen LogP contribution in [0, 0.1) is 0 Å². The average Bonchev–Trinajstić information content (AvgIpc) is 3.09. The summed E-state index contributed by atoms with van der Waals surface area (Å²) in [6.07, 6.45) is 2.08. The molecule has 0 saturated heterocycles. The second kappa shape index (κ2) is 8.54. The number of halogens is 1. The standard InChI is InChI=1S/C19H19ClN2O4S/c1-2-15-21-17-16(14(11-27-17)19(24)25)18(23)22(15)9-3-4-10-26-13-7-5-12(20)6-8-13/h5-8,11H,2-4,9-10H2,1H3,(H,24,25). The van der Waals surface area contributed by atoms with E-state index in [1.165, 1.54) is 16.7 Å². The Labute approximate surface area is 165 Å². The molecule has 142 valence electrons. The van der Waals surface area contributed by atoms with Gasteiger partial charge in [-0.15, -0.1) is 11.3 Å². The number of hydrogen-bond acceptors (Lipinski definition) is 5. The minimum Gasteiger partial charge on any atom is -0.494 e. The number of unbranched alkanes of at least 4 members (excludes halogenated alkanes) is 1. The van der Waals surface area contributed by atoms with Crippen LogP contribution in [0.4, 0.5) is 0 Å². The van der Waals surface area contributed by atoms with E-state index in [1.54, 1.807) is 16.7 Å². The van der Waals surface area contributed by atoms with Crippen LogP contribution in [0.5, 0.6) is 5.75 Å². The number of carboxylic acid groups (broad SMARTS) is 1. The van der Waals surface area contributed by atoms with E-state index in [2.05, 4.69) is 4.98 Å². The molecule has 0 unspecified atom stereocenters. The molecule has 2 aromatic heterocycles. The van der Waals surface area contributed by atoms with Crippen molar-refractivity contribution in [1.82, 2.24) is 9.55 Å². The van der Waals surface area contributed by atoms with E-state index >= 15 is 0 Å². The van der Waals surface area contributed by atoms with Gasteiger partial charge in [0, 0.05) is 23.4 Å². The van der Waals surface area contributed by atoms with Gasteiger partial charge in [0.05, 0.1) is 17.6 Å². The Morgan fingerprint density at radius 3 is 2.70 bits per heavy atom. The molecule has 0 radical (unpaired) electrons. The molecule has 0 bridgehead atoms. The van der Waals surface area contributed by atoms with Gasteiger partial charge in [0.15, 0.2) is 0 Å². The predicted octanol–water partition coefficient (Wildman–Crippen LogP) is 4.23. The van der Waals surface area contributed by atoms with Crippen molar-refractivity contribution in [3.8, 4) is 5.75 Å². The number of aromatic carboxylic acids is 1. The lowest BCUT2D eigenvalue weighted by molar-refractivity contribution is 0.0699. The molecule has 0 aliphatic heterocycles. The molecule has 0 spiro atoms. The van der Waals surface area contributed by atoms with Gasteiger partial charge in [-0.25, -0.2) is 9.78 Å². The highest BCUT2D eigenvalue weighted by atomic mass is 35.5. The summed E-state index contributed by atoms with van der Waals surface area (Å²) < 4.78 is 7.24. The highest BCUT2D eigenvalue weighted by Gasteiger charge is 2.18. The first-order chi connectivity index (χ1) is 13.0. The number of nitrogens with zero attached hydrogens (tertiary/aromatic N) is 2. The lowest BCUT2D eigenvalue weighted by atomic mass is 10.2. The molecule has 3 rings (SSSR count). The SMILES string of the molecule is CCc1nc2scc(C(=O)O)c2c(=O)n1CCCCOc1ccc(Cl)cc1. The summed E-state index contributed by atoms with van der Waals surface area (Å²) in [4.78, 5) is 29.2. The molecule has 1 aromatic carbocycles. The van der Waals surface area contributed by atoms with Crippen LogP contribution in [0.2, 0.25) is 5.02 Å². The molecule has 8 heteroatoms. The minimum atomic E-state index is -1.10. The van der Waals surface area contributed by atoms with Gasteiger partial charge >= 0.3 is 5.97 Å². The molecule has 0 amide bonds. The Morgan fingerprint density at radius 1 is 1.30 bits per heavy atom. The summed E-state index contributed by atoms with van der Waals surface area (Å²) in [6.45, 7) is 2.93. The number of hydrogen-bond donors (Lipinski definition) is 1. The quantitative estimate of drug-likeness (QED) is 0.566. The third-order valence-corrected chi connectivity index (χ3v) is 5.30. The maximum absolute atomic E-state index is 12.8. The second-order valence-corrected chi connectivity index (χ2v) is 7.28. The van der Waals surface area contributed by atoms with Crippen molar-refractivity contribution >= 4 is 39.1 Å². The number of ether oxygens (including phenoxy) is 1. The fourth-order valence-electron chi connectivity index (χ4n) is 2.82. The number of carbonyl (C=O) groups is 1. The van der Waals surface area contributed by atoms with Crippen LogP contribution in [-0.2, 0) is 13.0 Å². The van der Waals surface area contributed by atoms with Crippen molar-refractivity contribution in [2.45, 2.75) is 32.7 Å². The van der Waals surface area contributed by atoms with Crippen LogP contribution in [0.3, 0.4) is 0 Å². The van der Waals surface area contributed by atoms with Crippen LogP contribution >= 0.6 is 22.9 Å². The van der Waals surface area contributed by atoms with Crippen molar-refractivity contribution in [2.75, 3.05) is 6.61 Å². The Balaban J connectivity index is 1.69. The van der Waals surface area contributed by atoms with E-state index in [4.69, 9.17) is 16.3 Å². The fourth-order valence-corrected chi connectivity index (χ4v) is 3.86. The van der Waals surface area contributed by atoms with Crippen molar-refractivity contribution in [1.29, 1.82) is 0 Å². The summed E-state index contributed by atoms with van der Waals surface area (Å²) in [7, 11) is 0. The zero-order chi connectivity index (χ0) is 19.4. The van der Waals surface area contributed by atoms with E-state index in [0.717, 1.165) is 18.6 Å². The lowest BCUT2D eigenvalue weighted by Gasteiger charge is -2.12. The molecule has 0 fully saturated rings. The molecule has 0 saturated carbocycles. The van der Waals surface area contributed by atoms with Crippen molar-refractivity contribution < 1.29 is 14.6 Å². The number of rotatable bonds is 8. The van der Waals surface area contributed by atoms with Gasteiger partial charge in [-0.1, -0.05) is 18.5 Å². The average molecular weight is 407 g/mol. The normalized spacial score (nSPS) is 11.0. The van der Waals surface area contributed by atoms with Gasteiger partial charge in [-0.05, 0) is 37.1 Å². The van der Waals surface area contributed by atoms with E-state index in [0.29, 0.717) is 35.2 Å². The smallest absolute Gasteiger partial charge is 0.337 e. The first-order valence-electron chi connectivity index (χ1n) is 8.63. The monoisotopic (exact) mass is 406 g/mol. The van der Waals surface area contributed by atoms with Crippen molar-refractivity contribution in [3.05, 3.63) is 56.4 Å². The molecule has 3 aromatic rings. The van der Waals surface area contributed by atoms with Crippen LogP contribution in [0.1, 0.15) is 35.9 Å². The minimum absolute atomic E-state index is 0.0231. The Hall–Kier alpha value is -2.38. The summed E-state index contributed by atoms with van der Waals surface area (Å²) >= 11 is 7.03. The van der Waals surface area contributed by atoms with Gasteiger partial charge in [0.25, 0.3) is 5.56 Å². The molecule has 0 aliphatic carbocycles. The summed E-state index contributed by atoms with van der Waals surface area (Å²) in [6, 6.07) is 7.16. The lowest BCUT2D eigenvalue weighted by Crippen LogP contribution is -2.26. The van der Waals surface area contributed by atoms with E-state index < -0.39 is 5.97 Å². The fraction of sp³-hybridized carbons (Fsp3) is 0.316. The van der Waals surface area contributed by atoms with Gasteiger partial charge < -0.3 is 9.84 Å². The maximum Gasteiger partial charge on any atom is 0.337 e. The van der Waals surface area contributed by atoms with E-state index in [1.807, 2.05) is 19.1 Å². The number of aromatic nitrogens is 2. The summed E-state index contributed by atoms with van der Waals surface area (Å²) in [5.41, 5.74) is -0.260.